The van der Waals surface area contributed by atoms with E-state index >= 15 is 0 Å². The van der Waals surface area contributed by atoms with Crippen LogP contribution in [0.4, 0.5) is 5.69 Å². The number of hydrogen-bond acceptors (Lipinski definition) is 3. The number of anilines is 1. The molecule has 3 aromatic carbocycles. The number of amides is 1. The molecule has 33 heavy (non-hydrogen) atoms. The fourth-order valence-electron chi connectivity index (χ4n) is 4.96. The largest absolute Gasteiger partial charge is 0.394 e. The van der Waals surface area contributed by atoms with E-state index < -0.39 is 0 Å². The average molecular weight is 443 g/mol. The quantitative estimate of drug-likeness (QED) is 0.488. The molecule has 1 saturated carbocycles. The van der Waals surface area contributed by atoms with E-state index in [2.05, 4.69) is 65.8 Å². The highest BCUT2D eigenvalue weighted by molar-refractivity contribution is 5.80. The predicted molar refractivity (Wildman–Crippen MR) is 134 cm³/mol. The summed E-state index contributed by atoms with van der Waals surface area (Å²) in [5.74, 6) is 0.208. The van der Waals surface area contributed by atoms with E-state index in [0.29, 0.717) is 0 Å². The Morgan fingerprint density at radius 2 is 1.58 bits per heavy atom. The first-order valence-electron chi connectivity index (χ1n) is 12.0. The first-order valence-corrected chi connectivity index (χ1v) is 12.0. The lowest BCUT2D eigenvalue weighted by Gasteiger charge is -2.32. The maximum atomic E-state index is 13.3. The van der Waals surface area contributed by atoms with E-state index in [0.717, 1.165) is 37.8 Å². The highest BCUT2D eigenvalue weighted by Crippen LogP contribution is 2.38. The molecule has 4 heteroatoms. The minimum Gasteiger partial charge on any atom is -0.394 e. The van der Waals surface area contributed by atoms with Crippen LogP contribution in [0.25, 0.3) is 0 Å². The van der Waals surface area contributed by atoms with Crippen LogP contribution in [0.2, 0.25) is 0 Å². The van der Waals surface area contributed by atoms with Gasteiger partial charge in [-0.15, -0.1) is 0 Å². The fraction of sp³-hybridized carbons (Fsp3) is 0.345. The summed E-state index contributed by atoms with van der Waals surface area (Å²) in [6, 6.07) is 28.5. The molecule has 4 nitrogen and oxygen atoms in total. The summed E-state index contributed by atoms with van der Waals surface area (Å²) in [5.41, 5.74) is 4.63. The zero-order valence-corrected chi connectivity index (χ0v) is 19.4. The standard InChI is InChI=1S/C29H34N2O2/c1-31(25-12-6-3-7-13-25)20-22-16-18-23(19-17-22)26-14-8-9-15-27(26)29(33)30-28(21-32)24-10-4-2-5-11-24/h2-7,10-13,16-19,26-28,32H,8-9,14-15,20-21H2,1H3,(H,30,33)/t26-,27+,28+/m1/s1. The highest BCUT2D eigenvalue weighted by Gasteiger charge is 2.33. The molecule has 0 heterocycles. The Labute approximate surface area is 197 Å². The van der Waals surface area contributed by atoms with Crippen molar-refractivity contribution in [1.29, 1.82) is 0 Å². The first-order chi connectivity index (χ1) is 16.2. The lowest BCUT2D eigenvalue weighted by Crippen LogP contribution is -2.39. The Bertz CT molecular complexity index is 1000. The van der Waals surface area contributed by atoms with Gasteiger partial charge in [-0.2, -0.15) is 0 Å². The Hall–Kier alpha value is -3.11. The number of hydrogen-bond donors (Lipinski definition) is 2. The molecule has 1 aliphatic carbocycles. The van der Waals surface area contributed by atoms with Crippen molar-refractivity contribution in [1.82, 2.24) is 5.32 Å². The van der Waals surface area contributed by atoms with Gasteiger partial charge >= 0.3 is 0 Å². The van der Waals surface area contributed by atoms with Crippen molar-refractivity contribution in [2.45, 2.75) is 44.2 Å². The second kappa shape index (κ2) is 11.2. The van der Waals surface area contributed by atoms with E-state index in [1.165, 1.54) is 16.8 Å². The van der Waals surface area contributed by atoms with Crippen LogP contribution < -0.4 is 10.2 Å². The van der Waals surface area contributed by atoms with Gasteiger partial charge in [0.25, 0.3) is 0 Å². The third-order valence-corrected chi connectivity index (χ3v) is 6.83. The SMILES string of the molecule is CN(Cc1ccc([C@H]2CCCC[C@@H]2C(=O)N[C@@H](CO)c2ccccc2)cc1)c1ccccc1. The Morgan fingerprint density at radius 1 is 0.939 bits per heavy atom. The van der Waals surface area contributed by atoms with Crippen molar-refractivity contribution in [3.63, 3.8) is 0 Å². The molecule has 172 valence electrons. The average Bonchev–Trinajstić information content (AvgIpc) is 2.88. The first kappa shape index (κ1) is 23.1. The van der Waals surface area contributed by atoms with Crippen LogP contribution in [-0.4, -0.2) is 24.7 Å². The zero-order chi connectivity index (χ0) is 23.0. The second-order valence-corrected chi connectivity index (χ2v) is 9.09. The third-order valence-electron chi connectivity index (χ3n) is 6.83. The summed E-state index contributed by atoms with van der Waals surface area (Å²) in [5, 5.41) is 13.0. The van der Waals surface area contributed by atoms with Gasteiger partial charge in [-0.25, -0.2) is 0 Å². The molecule has 0 radical (unpaired) electrons. The van der Waals surface area contributed by atoms with Gasteiger partial charge in [-0.3, -0.25) is 4.79 Å². The number of nitrogens with zero attached hydrogens (tertiary/aromatic N) is 1. The number of aliphatic hydroxyl groups excluding tert-OH is 1. The van der Waals surface area contributed by atoms with E-state index in [4.69, 9.17) is 0 Å². The van der Waals surface area contributed by atoms with Crippen LogP contribution in [0.5, 0.6) is 0 Å². The van der Waals surface area contributed by atoms with E-state index in [1.54, 1.807) is 0 Å². The molecule has 4 rings (SSSR count). The van der Waals surface area contributed by atoms with E-state index in [-0.39, 0.29) is 30.4 Å². The Kier molecular flexibility index (Phi) is 7.79. The summed E-state index contributed by atoms with van der Waals surface area (Å²) >= 11 is 0. The zero-order valence-electron chi connectivity index (χ0n) is 19.4. The molecule has 0 unspecified atom stereocenters. The maximum absolute atomic E-state index is 13.3. The normalized spacial score (nSPS) is 19.0. The van der Waals surface area contributed by atoms with Crippen LogP contribution >= 0.6 is 0 Å². The molecule has 0 aromatic heterocycles. The van der Waals surface area contributed by atoms with Crippen LogP contribution in [0.1, 0.15) is 54.3 Å². The molecule has 0 saturated heterocycles. The predicted octanol–water partition coefficient (Wildman–Crippen LogP) is 5.45. The van der Waals surface area contributed by atoms with Gasteiger partial charge in [-0.1, -0.05) is 85.6 Å². The fourth-order valence-corrected chi connectivity index (χ4v) is 4.96. The molecule has 3 aromatic rings. The molecule has 1 amide bonds. The summed E-state index contributed by atoms with van der Waals surface area (Å²) in [4.78, 5) is 15.5. The van der Waals surface area contributed by atoms with Crippen LogP contribution in [-0.2, 0) is 11.3 Å². The van der Waals surface area contributed by atoms with Crippen LogP contribution in [0.15, 0.2) is 84.9 Å². The van der Waals surface area contributed by atoms with E-state index in [9.17, 15) is 9.90 Å². The van der Waals surface area contributed by atoms with Gasteiger partial charge in [0.15, 0.2) is 0 Å². The second-order valence-electron chi connectivity index (χ2n) is 9.09. The van der Waals surface area contributed by atoms with Crippen LogP contribution in [0, 0.1) is 5.92 Å². The molecule has 0 spiro atoms. The van der Waals surface area contributed by atoms with Crippen molar-refractivity contribution in [3.8, 4) is 0 Å². The number of benzene rings is 3. The minimum absolute atomic E-state index is 0.0514. The van der Waals surface area contributed by atoms with E-state index in [1.807, 2.05) is 36.4 Å². The van der Waals surface area contributed by atoms with Gasteiger partial charge in [0.05, 0.1) is 12.6 Å². The molecule has 0 aliphatic heterocycles. The lowest BCUT2D eigenvalue weighted by molar-refractivity contribution is -0.127. The molecule has 1 fully saturated rings. The number of rotatable bonds is 8. The van der Waals surface area contributed by atoms with Gasteiger partial charge < -0.3 is 15.3 Å². The number of carbonyl (C=O) groups excluding carboxylic acids is 1. The summed E-state index contributed by atoms with van der Waals surface area (Å²) in [6.45, 7) is 0.741. The topological polar surface area (TPSA) is 52.6 Å². The van der Waals surface area contributed by atoms with Crippen molar-refractivity contribution in [3.05, 3.63) is 102 Å². The lowest BCUT2D eigenvalue weighted by atomic mass is 9.74. The third kappa shape index (κ3) is 5.82. The Balaban J connectivity index is 1.43. The molecule has 3 atom stereocenters. The molecule has 1 aliphatic rings. The molecule has 0 bridgehead atoms. The van der Waals surface area contributed by atoms with Gasteiger partial charge in [0.2, 0.25) is 5.91 Å². The van der Waals surface area contributed by atoms with Gasteiger partial charge in [-0.05, 0) is 47.6 Å². The number of para-hydroxylation sites is 1. The number of nitrogens with one attached hydrogen (secondary N) is 1. The number of carbonyl (C=O) groups is 1. The monoisotopic (exact) mass is 442 g/mol. The van der Waals surface area contributed by atoms with Crippen molar-refractivity contribution >= 4 is 11.6 Å². The summed E-state index contributed by atoms with van der Waals surface area (Å²) < 4.78 is 0. The molecular formula is C29H34N2O2. The maximum Gasteiger partial charge on any atom is 0.224 e. The molecular weight excluding hydrogens is 408 g/mol. The van der Waals surface area contributed by atoms with Crippen LogP contribution in [0.3, 0.4) is 0 Å². The van der Waals surface area contributed by atoms with Gasteiger partial charge in [0.1, 0.15) is 0 Å². The Morgan fingerprint density at radius 3 is 2.24 bits per heavy atom. The van der Waals surface area contributed by atoms with Crippen molar-refractivity contribution in [2.75, 3.05) is 18.6 Å². The summed E-state index contributed by atoms with van der Waals surface area (Å²) in [6.07, 6.45) is 4.14. The van der Waals surface area contributed by atoms with Gasteiger partial charge in [0, 0.05) is 25.2 Å². The van der Waals surface area contributed by atoms with Crippen molar-refractivity contribution in [2.24, 2.45) is 5.92 Å². The summed E-state index contributed by atoms with van der Waals surface area (Å²) in [7, 11) is 2.11. The highest BCUT2D eigenvalue weighted by atomic mass is 16.3. The number of aliphatic hydroxyl groups is 1. The molecule has 2 N–H and O–H groups in total. The smallest absolute Gasteiger partial charge is 0.224 e. The van der Waals surface area contributed by atoms with Crippen molar-refractivity contribution < 1.29 is 9.90 Å². The minimum atomic E-state index is -0.364.